The van der Waals surface area contributed by atoms with Crippen LogP contribution in [0.2, 0.25) is 0 Å². The molecule has 2 N–H and O–H groups in total. The minimum absolute atomic E-state index is 0.0737. The van der Waals surface area contributed by atoms with Crippen LogP contribution >= 0.6 is 15.9 Å². The number of nitrogens with one attached hydrogen (secondary N) is 2. The first-order valence-corrected chi connectivity index (χ1v) is 8.31. The Balaban J connectivity index is 1.81. The summed E-state index contributed by atoms with van der Waals surface area (Å²) in [5.41, 5.74) is 5.18. The Hall–Kier alpha value is -3.25. The van der Waals surface area contributed by atoms with Gasteiger partial charge in [-0.05, 0) is 41.1 Å². The second-order valence-electron chi connectivity index (χ2n) is 5.48. The van der Waals surface area contributed by atoms with E-state index in [1.54, 1.807) is 59.9 Å². The first-order valence-electron chi connectivity index (χ1n) is 7.51. The molecule has 132 valence electrons. The molecule has 3 heterocycles. The maximum Gasteiger partial charge on any atom is 0.286 e. The number of carbonyl (C=O) groups is 2. The first-order chi connectivity index (χ1) is 12.4. The number of halogens is 1. The van der Waals surface area contributed by atoms with Crippen LogP contribution in [0.15, 0.2) is 45.7 Å². The SMILES string of the molecule is Cc1oc(-n2cccc2)c(C#N)c1C(=O)NNC(=O)c1cc(Br)cn1C. The van der Waals surface area contributed by atoms with Gasteiger partial charge in [0.25, 0.3) is 11.8 Å². The summed E-state index contributed by atoms with van der Waals surface area (Å²) in [5.74, 6) is -0.601. The standard InChI is InChI=1S/C17H14BrN5O3/c1-10-14(12(8-19)17(26-10)23-5-3-4-6-23)16(25)21-20-15(24)13-7-11(18)9-22(13)2/h3-7,9H,1-2H3,(H,20,24)(H,21,25). The fourth-order valence-electron chi connectivity index (χ4n) is 2.55. The number of rotatable bonds is 3. The van der Waals surface area contributed by atoms with Gasteiger partial charge in [-0.25, -0.2) is 0 Å². The molecule has 0 aliphatic heterocycles. The minimum atomic E-state index is -0.636. The number of nitriles is 1. The van der Waals surface area contributed by atoms with Gasteiger partial charge in [-0.15, -0.1) is 0 Å². The van der Waals surface area contributed by atoms with Crippen molar-refractivity contribution >= 4 is 27.7 Å². The first kappa shape index (κ1) is 17.6. The molecule has 0 bridgehead atoms. The molecule has 3 aromatic heterocycles. The van der Waals surface area contributed by atoms with Gasteiger partial charge in [0.15, 0.2) is 0 Å². The Kier molecular flexibility index (Phi) is 4.69. The van der Waals surface area contributed by atoms with E-state index in [0.29, 0.717) is 5.69 Å². The van der Waals surface area contributed by atoms with Crippen molar-refractivity contribution in [2.75, 3.05) is 0 Å². The van der Waals surface area contributed by atoms with Crippen LogP contribution in [0.3, 0.4) is 0 Å². The van der Waals surface area contributed by atoms with Gasteiger partial charge in [0.2, 0.25) is 5.88 Å². The van der Waals surface area contributed by atoms with Crippen molar-refractivity contribution in [3.05, 3.63) is 63.8 Å². The quantitative estimate of drug-likeness (QED) is 0.640. The fourth-order valence-corrected chi connectivity index (χ4v) is 3.07. The van der Waals surface area contributed by atoms with Crippen molar-refractivity contribution in [2.45, 2.75) is 6.92 Å². The lowest BCUT2D eigenvalue weighted by Gasteiger charge is -2.07. The van der Waals surface area contributed by atoms with E-state index in [0.717, 1.165) is 4.47 Å². The summed E-state index contributed by atoms with van der Waals surface area (Å²) >= 11 is 3.28. The molecule has 8 nitrogen and oxygen atoms in total. The van der Waals surface area contributed by atoms with Crippen LogP contribution in [0, 0.1) is 18.3 Å². The van der Waals surface area contributed by atoms with Crippen LogP contribution in [0.1, 0.15) is 32.2 Å². The van der Waals surface area contributed by atoms with E-state index < -0.39 is 11.8 Å². The zero-order valence-corrected chi connectivity index (χ0v) is 15.5. The van der Waals surface area contributed by atoms with Gasteiger partial charge in [-0.2, -0.15) is 5.26 Å². The smallest absolute Gasteiger partial charge is 0.286 e. The average Bonchev–Trinajstić information content (AvgIpc) is 3.30. The van der Waals surface area contributed by atoms with Gasteiger partial charge in [-0.3, -0.25) is 25.0 Å². The molecule has 0 radical (unpaired) electrons. The van der Waals surface area contributed by atoms with E-state index in [-0.39, 0.29) is 22.8 Å². The van der Waals surface area contributed by atoms with E-state index in [1.165, 1.54) is 0 Å². The van der Waals surface area contributed by atoms with Crippen LogP contribution in [0.5, 0.6) is 0 Å². The number of hydrogen-bond donors (Lipinski definition) is 2. The molecule has 3 rings (SSSR count). The largest absolute Gasteiger partial charge is 0.443 e. The lowest BCUT2D eigenvalue weighted by Crippen LogP contribution is -2.42. The fraction of sp³-hybridized carbons (Fsp3) is 0.118. The normalized spacial score (nSPS) is 10.4. The van der Waals surface area contributed by atoms with Crippen molar-refractivity contribution in [2.24, 2.45) is 7.05 Å². The number of furan rings is 1. The highest BCUT2D eigenvalue weighted by atomic mass is 79.9. The van der Waals surface area contributed by atoms with E-state index in [9.17, 15) is 14.9 Å². The van der Waals surface area contributed by atoms with Crippen molar-refractivity contribution < 1.29 is 14.0 Å². The van der Waals surface area contributed by atoms with Gasteiger partial charge in [0.1, 0.15) is 28.7 Å². The van der Waals surface area contributed by atoms with Crippen LogP contribution < -0.4 is 10.9 Å². The summed E-state index contributed by atoms with van der Waals surface area (Å²) in [5, 5.41) is 9.46. The summed E-state index contributed by atoms with van der Waals surface area (Å²) in [6.07, 6.45) is 5.12. The molecule has 0 atom stereocenters. The van der Waals surface area contributed by atoms with Gasteiger partial charge in [0, 0.05) is 30.1 Å². The number of carbonyl (C=O) groups excluding carboxylic acids is 2. The van der Waals surface area contributed by atoms with E-state index >= 15 is 0 Å². The van der Waals surface area contributed by atoms with Crippen molar-refractivity contribution in [1.82, 2.24) is 20.0 Å². The molecule has 0 spiro atoms. The molecule has 0 aromatic carbocycles. The zero-order valence-electron chi connectivity index (χ0n) is 13.9. The predicted octanol–water partition coefficient (Wildman–Crippen LogP) is 2.43. The molecule has 3 aromatic rings. The van der Waals surface area contributed by atoms with Gasteiger partial charge in [0.05, 0.1) is 0 Å². The monoisotopic (exact) mass is 415 g/mol. The lowest BCUT2D eigenvalue weighted by molar-refractivity contribution is 0.0841. The van der Waals surface area contributed by atoms with E-state index in [1.807, 2.05) is 6.07 Å². The lowest BCUT2D eigenvalue weighted by atomic mass is 10.1. The van der Waals surface area contributed by atoms with Gasteiger partial charge in [-0.1, -0.05) is 0 Å². The molecule has 0 aliphatic carbocycles. The topological polar surface area (TPSA) is 105 Å². The summed E-state index contributed by atoms with van der Waals surface area (Å²) in [6.45, 7) is 1.58. The van der Waals surface area contributed by atoms with Crippen LogP contribution in [0.25, 0.3) is 5.88 Å². The second kappa shape index (κ2) is 6.93. The van der Waals surface area contributed by atoms with Crippen LogP contribution in [0.4, 0.5) is 0 Å². The van der Waals surface area contributed by atoms with Crippen molar-refractivity contribution in [1.29, 1.82) is 5.26 Å². The van der Waals surface area contributed by atoms with Gasteiger partial charge >= 0.3 is 0 Å². The Morgan fingerprint density at radius 1 is 1.23 bits per heavy atom. The number of aryl methyl sites for hydroxylation is 2. The van der Waals surface area contributed by atoms with Crippen LogP contribution in [-0.2, 0) is 7.05 Å². The number of amides is 2. The molecule has 0 aliphatic rings. The Morgan fingerprint density at radius 2 is 1.88 bits per heavy atom. The van der Waals surface area contributed by atoms with Crippen LogP contribution in [-0.4, -0.2) is 20.9 Å². The summed E-state index contributed by atoms with van der Waals surface area (Å²) in [4.78, 5) is 24.7. The van der Waals surface area contributed by atoms with Crippen molar-refractivity contribution in [3.8, 4) is 12.0 Å². The highest BCUT2D eigenvalue weighted by Gasteiger charge is 2.25. The molecule has 0 saturated heterocycles. The minimum Gasteiger partial charge on any atom is -0.443 e. The van der Waals surface area contributed by atoms with E-state index in [2.05, 4.69) is 26.8 Å². The predicted molar refractivity (Wildman–Crippen MR) is 95.5 cm³/mol. The third kappa shape index (κ3) is 3.14. The highest BCUT2D eigenvalue weighted by Crippen LogP contribution is 2.25. The summed E-state index contributed by atoms with van der Waals surface area (Å²) in [6, 6.07) is 7.16. The Bertz CT molecular complexity index is 1020. The Morgan fingerprint density at radius 3 is 2.46 bits per heavy atom. The zero-order chi connectivity index (χ0) is 18.8. The molecule has 0 saturated carbocycles. The molecular weight excluding hydrogens is 402 g/mol. The van der Waals surface area contributed by atoms with E-state index in [4.69, 9.17) is 4.42 Å². The van der Waals surface area contributed by atoms with Crippen molar-refractivity contribution in [3.63, 3.8) is 0 Å². The number of hydrogen-bond acceptors (Lipinski definition) is 4. The Labute approximate surface area is 157 Å². The molecular formula is C17H14BrN5O3. The summed E-state index contributed by atoms with van der Waals surface area (Å²) in [7, 11) is 1.71. The maximum atomic E-state index is 12.5. The molecule has 0 fully saturated rings. The highest BCUT2D eigenvalue weighted by molar-refractivity contribution is 9.10. The number of nitrogens with zero attached hydrogens (tertiary/aromatic N) is 3. The maximum absolute atomic E-state index is 12.5. The molecule has 26 heavy (non-hydrogen) atoms. The summed E-state index contributed by atoms with van der Waals surface area (Å²) < 4.78 is 9.52. The molecule has 0 unspecified atom stereocenters. The molecule has 2 amide bonds. The van der Waals surface area contributed by atoms with Gasteiger partial charge < -0.3 is 8.98 Å². The molecule has 9 heteroatoms. The number of hydrazine groups is 1. The second-order valence-corrected chi connectivity index (χ2v) is 6.39. The average molecular weight is 416 g/mol. The third-order valence-electron chi connectivity index (χ3n) is 3.74. The third-order valence-corrected chi connectivity index (χ3v) is 4.17. The number of aromatic nitrogens is 2.